The number of thioether (sulfide) groups is 1. The number of hydrogen-bond donors (Lipinski definition) is 3. The molecule has 0 aliphatic carbocycles. The Morgan fingerprint density at radius 3 is 2.15 bits per heavy atom. The van der Waals surface area contributed by atoms with Gasteiger partial charge in [0.1, 0.15) is 17.1 Å². The standard InChI is InChI=1S/C23H29N5O5S/c1-30-17-7-6-13(10-16(17)25-23(29)15(24)8-9-34-5)20-21(27-28-26-20)14-11-18(31-2)22(33-4)19(12-14)32-3/h6-7,10-12,15H,8-9,24H2,1-5H3,(H,25,29)(H,26,27,28). The van der Waals surface area contributed by atoms with E-state index in [0.717, 1.165) is 5.75 Å². The molecule has 0 aliphatic rings. The number of ether oxygens (including phenoxy) is 4. The van der Waals surface area contributed by atoms with E-state index in [9.17, 15) is 4.79 Å². The van der Waals surface area contributed by atoms with Gasteiger partial charge in [-0.25, -0.2) is 0 Å². The van der Waals surface area contributed by atoms with Crippen molar-refractivity contribution >= 4 is 23.4 Å². The maximum Gasteiger partial charge on any atom is 0.241 e. The molecule has 1 heterocycles. The Labute approximate surface area is 202 Å². The molecule has 0 aliphatic heterocycles. The molecule has 0 bridgehead atoms. The van der Waals surface area contributed by atoms with Crippen molar-refractivity contribution in [1.29, 1.82) is 0 Å². The number of hydrogen-bond acceptors (Lipinski definition) is 9. The molecule has 34 heavy (non-hydrogen) atoms. The lowest BCUT2D eigenvalue weighted by Crippen LogP contribution is -2.36. The van der Waals surface area contributed by atoms with Gasteiger partial charge in [-0.1, -0.05) is 0 Å². The van der Waals surface area contributed by atoms with E-state index in [0.29, 0.717) is 57.6 Å². The van der Waals surface area contributed by atoms with E-state index in [1.54, 1.807) is 57.4 Å². The second kappa shape index (κ2) is 11.6. The number of carbonyl (C=O) groups is 1. The maximum absolute atomic E-state index is 12.6. The molecule has 10 nitrogen and oxygen atoms in total. The fourth-order valence-electron chi connectivity index (χ4n) is 3.41. The lowest BCUT2D eigenvalue weighted by atomic mass is 10.0. The van der Waals surface area contributed by atoms with E-state index in [1.807, 2.05) is 12.3 Å². The summed E-state index contributed by atoms with van der Waals surface area (Å²) in [6.45, 7) is 0. The van der Waals surface area contributed by atoms with Gasteiger partial charge in [0, 0.05) is 11.1 Å². The van der Waals surface area contributed by atoms with Crippen molar-refractivity contribution in [3.63, 3.8) is 0 Å². The third-order valence-corrected chi connectivity index (χ3v) is 5.83. The first-order valence-corrected chi connectivity index (χ1v) is 11.8. The van der Waals surface area contributed by atoms with Gasteiger partial charge in [0.05, 0.1) is 40.2 Å². The summed E-state index contributed by atoms with van der Waals surface area (Å²) in [6, 6.07) is 8.33. The highest BCUT2D eigenvalue weighted by molar-refractivity contribution is 7.98. The van der Waals surface area contributed by atoms with Gasteiger partial charge in [-0.3, -0.25) is 4.79 Å². The minimum absolute atomic E-state index is 0.283. The second-order valence-corrected chi connectivity index (χ2v) is 8.21. The molecule has 4 N–H and O–H groups in total. The number of anilines is 1. The molecule has 1 aromatic heterocycles. The topological polar surface area (TPSA) is 134 Å². The normalized spacial score (nSPS) is 11.6. The molecule has 11 heteroatoms. The number of amides is 1. The molecule has 0 saturated carbocycles. The first kappa shape index (κ1) is 25.2. The molecule has 0 radical (unpaired) electrons. The molecule has 3 rings (SSSR count). The average molecular weight is 488 g/mol. The largest absolute Gasteiger partial charge is 0.495 e. The summed E-state index contributed by atoms with van der Waals surface area (Å²) in [5.41, 5.74) is 9.07. The molecular formula is C23H29N5O5S. The van der Waals surface area contributed by atoms with Gasteiger partial charge in [0.2, 0.25) is 11.7 Å². The van der Waals surface area contributed by atoms with Crippen molar-refractivity contribution in [3.05, 3.63) is 30.3 Å². The van der Waals surface area contributed by atoms with Crippen molar-refractivity contribution in [1.82, 2.24) is 15.4 Å². The Morgan fingerprint density at radius 1 is 0.971 bits per heavy atom. The minimum atomic E-state index is -0.623. The maximum atomic E-state index is 12.6. The van der Waals surface area contributed by atoms with Crippen molar-refractivity contribution in [2.75, 3.05) is 45.8 Å². The number of H-pyrrole nitrogens is 1. The molecule has 2 aromatic carbocycles. The first-order valence-electron chi connectivity index (χ1n) is 10.4. The molecular weight excluding hydrogens is 458 g/mol. The number of nitrogens with zero attached hydrogens (tertiary/aromatic N) is 2. The van der Waals surface area contributed by atoms with E-state index in [1.165, 1.54) is 7.11 Å². The number of nitrogens with two attached hydrogens (primary N) is 1. The fraction of sp³-hybridized carbons (Fsp3) is 0.348. The van der Waals surface area contributed by atoms with Crippen LogP contribution in [-0.4, -0.2) is 67.8 Å². The third kappa shape index (κ3) is 5.37. The van der Waals surface area contributed by atoms with Gasteiger partial charge in [0.25, 0.3) is 0 Å². The Hall–Kier alpha value is -3.44. The van der Waals surface area contributed by atoms with Gasteiger partial charge in [-0.05, 0) is 48.8 Å². The molecule has 0 saturated heterocycles. The Kier molecular flexibility index (Phi) is 8.61. The number of aromatic amines is 1. The number of benzene rings is 2. The van der Waals surface area contributed by atoms with Gasteiger partial charge >= 0.3 is 0 Å². The monoisotopic (exact) mass is 487 g/mol. The molecule has 0 spiro atoms. The Morgan fingerprint density at radius 2 is 1.59 bits per heavy atom. The van der Waals surface area contributed by atoms with Crippen LogP contribution in [0.3, 0.4) is 0 Å². The summed E-state index contributed by atoms with van der Waals surface area (Å²) in [5, 5.41) is 14.2. The van der Waals surface area contributed by atoms with Crippen molar-refractivity contribution in [3.8, 4) is 45.5 Å². The van der Waals surface area contributed by atoms with Crippen LogP contribution in [-0.2, 0) is 4.79 Å². The number of rotatable bonds is 11. The summed E-state index contributed by atoms with van der Waals surface area (Å²) in [4.78, 5) is 12.6. The second-order valence-electron chi connectivity index (χ2n) is 7.23. The van der Waals surface area contributed by atoms with Crippen LogP contribution in [0.25, 0.3) is 22.5 Å². The number of nitrogens with one attached hydrogen (secondary N) is 2. The SMILES string of the molecule is COc1ccc(-c2n[nH]nc2-c2cc(OC)c(OC)c(OC)c2)cc1NC(=O)C(N)CCSC. The minimum Gasteiger partial charge on any atom is -0.495 e. The lowest BCUT2D eigenvalue weighted by Gasteiger charge is -2.15. The van der Waals surface area contributed by atoms with Crippen LogP contribution in [0.4, 0.5) is 5.69 Å². The van der Waals surface area contributed by atoms with Crippen molar-refractivity contribution in [2.24, 2.45) is 5.73 Å². The molecule has 1 amide bonds. The van der Waals surface area contributed by atoms with E-state index in [-0.39, 0.29) is 5.91 Å². The van der Waals surface area contributed by atoms with Gasteiger partial charge in [0.15, 0.2) is 11.5 Å². The van der Waals surface area contributed by atoms with Gasteiger partial charge in [-0.15, -0.1) is 0 Å². The van der Waals surface area contributed by atoms with Gasteiger partial charge in [-0.2, -0.15) is 27.2 Å². The van der Waals surface area contributed by atoms with E-state index >= 15 is 0 Å². The number of carbonyl (C=O) groups excluding carboxylic acids is 1. The van der Waals surface area contributed by atoms with Crippen LogP contribution in [0, 0.1) is 0 Å². The number of methoxy groups -OCH3 is 4. The summed E-state index contributed by atoms with van der Waals surface area (Å²) in [5.74, 6) is 2.48. The van der Waals surface area contributed by atoms with Crippen LogP contribution < -0.4 is 30.0 Å². The van der Waals surface area contributed by atoms with Crippen LogP contribution in [0.15, 0.2) is 30.3 Å². The smallest absolute Gasteiger partial charge is 0.241 e. The number of aromatic nitrogens is 3. The predicted octanol–water partition coefficient (Wildman–Crippen LogP) is 3.19. The Balaban J connectivity index is 2.00. The highest BCUT2D eigenvalue weighted by atomic mass is 32.2. The Bertz CT molecular complexity index is 1110. The molecule has 3 aromatic rings. The third-order valence-electron chi connectivity index (χ3n) is 5.19. The summed E-state index contributed by atoms with van der Waals surface area (Å²) >= 11 is 1.64. The highest BCUT2D eigenvalue weighted by Crippen LogP contribution is 2.42. The lowest BCUT2D eigenvalue weighted by molar-refractivity contribution is -0.117. The predicted molar refractivity (Wildman–Crippen MR) is 133 cm³/mol. The fourth-order valence-corrected chi connectivity index (χ4v) is 3.90. The summed E-state index contributed by atoms with van der Waals surface area (Å²) < 4.78 is 21.8. The summed E-state index contributed by atoms with van der Waals surface area (Å²) in [6.07, 6.45) is 2.55. The first-order chi connectivity index (χ1) is 16.5. The molecule has 1 atom stereocenters. The zero-order chi connectivity index (χ0) is 24.7. The zero-order valence-electron chi connectivity index (χ0n) is 19.8. The van der Waals surface area contributed by atoms with E-state index in [2.05, 4.69) is 20.7 Å². The van der Waals surface area contributed by atoms with Crippen molar-refractivity contribution < 1.29 is 23.7 Å². The molecule has 182 valence electrons. The van der Waals surface area contributed by atoms with Crippen LogP contribution >= 0.6 is 11.8 Å². The van der Waals surface area contributed by atoms with Crippen LogP contribution in [0.2, 0.25) is 0 Å². The molecule has 1 unspecified atom stereocenters. The molecule has 0 fully saturated rings. The zero-order valence-corrected chi connectivity index (χ0v) is 20.6. The highest BCUT2D eigenvalue weighted by Gasteiger charge is 2.21. The van der Waals surface area contributed by atoms with Gasteiger partial charge < -0.3 is 30.0 Å². The van der Waals surface area contributed by atoms with Crippen LogP contribution in [0.5, 0.6) is 23.0 Å². The quantitative estimate of drug-likeness (QED) is 0.373. The average Bonchev–Trinajstić information content (AvgIpc) is 3.36. The summed E-state index contributed by atoms with van der Waals surface area (Å²) in [7, 11) is 6.18. The van der Waals surface area contributed by atoms with Crippen LogP contribution in [0.1, 0.15) is 6.42 Å². The van der Waals surface area contributed by atoms with Crippen molar-refractivity contribution in [2.45, 2.75) is 12.5 Å². The van der Waals surface area contributed by atoms with E-state index in [4.69, 9.17) is 24.7 Å². The van der Waals surface area contributed by atoms with E-state index < -0.39 is 6.04 Å².